The maximum Gasteiger partial charge on any atom is 2.00 e. The van der Waals surface area contributed by atoms with Crippen LogP contribution in [0.2, 0.25) is 0 Å². The molecule has 10 radical (unpaired) electrons. The second-order valence-electron chi connectivity index (χ2n) is 15.4. The molecule has 3 N–H and O–H groups in total. The van der Waals surface area contributed by atoms with Crippen molar-refractivity contribution in [3.8, 4) is 0 Å². The third kappa shape index (κ3) is 27.8. The summed E-state index contributed by atoms with van der Waals surface area (Å²) in [7, 11) is -0.511. The molecule has 17 nitrogen and oxygen atoms in total. The van der Waals surface area contributed by atoms with Gasteiger partial charge in [0.1, 0.15) is 6.61 Å². The Kier molecular flexibility index (Phi) is 33.6. The second-order valence-corrected chi connectivity index (χ2v) is 15.9. The van der Waals surface area contributed by atoms with Crippen LogP contribution in [0, 0.1) is 63.3 Å². The molecule has 1 aromatic carbocycles. The molecule has 368 valence electrons. The van der Waals surface area contributed by atoms with Crippen LogP contribution in [0.15, 0.2) is 24.3 Å². The van der Waals surface area contributed by atoms with Crippen molar-refractivity contribution < 1.29 is 83.4 Å². The first-order chi connectivity index (χ1) is 31.5. The number of ether oxygens (including phenoxy) is 9. The van der Waals surface area contributed by atoms with Crippen molar-refractivity contribution in [3.05, 3.63) is 93.2 Å². The van der Waals surface area contributed by atoms with E-state index in [0.29, 0.717) is 111 Å². The molecular weight excluding hydrogens is 917 g/mol. The Morgan fingerprint density at radius 2 is 1.09 bits per heavy atom. The molecule has 1 saturated heterocycles. The summed E-state index contributed by atoms with van der Waals surface area (Å²) in [6.07, 6.45) is 14.7. The molecule has 0 spiro atoms. The quantitative estimate of drug-likeness (QED) is 0.0449. The zero-order chi connectivity index (χ0) is 46.9. The Morgan fingerprint density at radius 1 is 0.621 bits per heavy atom. The predicted molar refractivity (Wildman–Crippen MR) is 247 cm³/mol. The number of carbonyl (C=O) groups is 3. The molecule has 2 saturated carbocycles. The number of amides is 3. The largest absolute Gasteiger partial charge is 2.00 e. The van der Waals surface area contributed by atoms with E-state index in [0.717, 1.165) is 16.9 Å². The van der Waals surface area contributed by atoms with Gasteiger partial charge in [0.25, 0.3) is 0 Å². The monoisotopic (exact) mass is 987 g/mol. The fourth-order valence-corrected chi connectivity index (χ4v) is 5.64. The fraction of sp³-hybridized carbons (Fsp3) is 0.587. The first kappa shape index (κ1) is 60.1. The van der Waals surface area contributed by atoms with Crippen LogP contribution in [-0.2, 0) is 85.2 Å². The molecule has 1 aliphatic heterocycles. The van der Waals surface area contributed by atoms with Crippen molar-refractivity contribution in [1.29, 1.82) is 0 Å². The van der Waals surface area contributed by atoms with Gasteiger partial charge in [0.15, 0.2) is 0 Å². The Morgan fingerprint density at radius 3 is 1.58 bits per heavy atom. The summed E-state index contributed by atoms with van der Waals surface area (Å²) in [4.78, 5) is 36.9. The van der Waals surface area contributed by atoms with E-state index < -0.39 is 24.4 Å². The Bertz CT molecular complexity index is 1410. The summed E-state index contributed by atoms with van der Waals surface area (Å²) in [5, 5.41) is 8.01. The smallest absolute Gasteiger partial charge is 0.445 e. The third-order valence-corrected chi connectivity index (χ3v) is 9.90. The van der Waals surface area contributed by atoms with E-state index in [1.165, 1.54) is 0 Å². The number of alkyl carbamates (subject to hydrolysis) is 1. The topological polar surface area (TPSA) is 189 Å². The number of carbonyl (C=O) groups excluding carboxylic acids is 3. The van der Waals surface area contributed by atoms with Crippen molar-refractivity contribution in [3.63, 3.8) is 0 Å². The van der Waals surface area contributed by atoms with E-state index in [1.807, 2.05) is 84.1 Å². The number of rotatable bonds is 34. The molecule has 0 bridgehead atoms. The zero-order valence-electron chi connectivity index (χ0n) is 38.9. The zero-order valence-corrected chi connectivity index (χ0v) is 40.9. The summed E-state index contributed by atoms with van der Waals surface area (Å²) in [6.45, 7) is 15.4. The molecule has 66 heavy (non-hydrogen) atoms. The van der Waals surface area contributed by atoms with Gasteiger partial charge in [-0.05, 0) is 90.1 Å². The standard InChI is InChI=1S/C41H65BN3O14S.C5H5.Fe/c1-40(2)41(3,4)59-42(58-40)35-7-5-6-34(28-35)32-57-39(48)45-36-9-8-33(29-36)30-43-38(47)31-44-37(46)10-11-49-12-13-50-14-15-51-16-17-52-18-19-53-20-21-54-22-23-55-24-25-56-26-27-60;1-2-4-5-3-1;/h5-9,28-29,60H,10-27,30-32H2,1-4H3,(H,43,47)(H,44,46)(H,45,48);1-5H;/q;;+2. The van der Waals surface area contributed by atoms with Gasteiger partial charge >= 0.3 is 30.3 Å². The van der Waals surface area contributed by atoms with Gasteiger partial charge in [-0.2, -0.15) is 12.6 Å². The first-order valence-electron chi connectivity index (χ1n) is 22.1. The molecule has 0 aromatic heterocycles. The maximum absolute atomic E-state index is 12.5. The molecule has 0 unspecified atom stereocenters. The molecule has 1 aromatic rings. The Labute approximate surface area is 410 Å². The molecule has 3 aliphatic rings. The van der Waals surface area contributed by atoms with Gasteiger partial charge in [0, 0.05) is 24.6 Å². The number of thiol groups is 1. The number of hydrogen-bond acceptors (Lipinski definition) is 15. The summed E-state index contributed by atoms with van der Waals surface area (Å²) in [6, 6.07) is 8.08. The van der Waals surface area contributed by atoms with E-state index in [2.05, 4.69) is 28.6 Å². The summed E-state index contributed by atoms with van der Waals surface area (Å²) in [5.41, 5.74) is 0.726. The van der Waals surface area contributed by atoms with Crippen LogP contribution >= 0.6 is 12.6 Å². The van der Waals surface area contributed by atoms with Gasteiger partial charge in [-0.1, -0.05) is 24.3 Å². The minimum atomic E-state index is -0.613. The molecule has 4 rings (SSSR count). The Hall–Kier alpha value is -2.04. The van der Waals surface area contributed by atoms with Crippen molar-refractivity contribution >= 4 is 43.1 Å². The number of nitrogens with one attached hydrogen (secondary N) is 3. The van der Waals surface area contributed by atoms with Crippen LogP contribution in [-0.4, -0.2) is 161 Å². The summed E-state index contributed by atoms with van der Waals surface area (Å²) < 4.78 is 61.0. The van der Waals surface area contributed by atoms with Gasteiger partial charge in [0.2, 0.25) is 11.8 Å². The minimum Gasteiger partial charge on any atom is -0.445 e. The molecule has 1 heterocycles. The van der Waals surface area contributed by atoms with Gasteiger partial charge in [-0.3, -0.25) is 9.59 Å². The van der Waals surface area contributed by atoms with E-state index in [4.69, 9.17) is 51.9 Å². The predicted octanol–water partition coefficient (Wildman–Crippen LogP) is 2.65. The van der Waals surface area contributed by atoms with Gasteiger partial charge < -0.3 is 67.9 Å². The summed E-state index contributed by atoms with van der Waals surface area (Å²) in [5.74, 6) is 0.817. The maximum atomic E-state index is 12.5. The molecule has 0 atom stereocenters. The normalized spacial score (nSPS) is 16.7. The SMILES string of the molecule is CC1(C)OB(c2cccc(COC(=O)N[C]3[CH][CH][C](CNC(=O)CNC(=O)CCOCCOCCOCCOCCOCCOCCOCCOCCS)[CH]3)c2)OC1(C)C.[CH]1[CH][CH][CH][CH]1.[Fe+2]. The average molecular weight is 988 g/mol. The number of benzene rings is 1. The van der Waals surface area contributed by atoms with Crippen LogP contribution < -0.4 is 21.4 Å². The van der Waals surface area contributed by atoms with E-state index >= 15 is 0 Å². The van der Waals surface area contributed by atoms with Crippen molar-refractivity contribution in [2.24, 2.45) is 0 Å². The first-order valence-corrected chi connectivity index (χ1v) is 22.7. The molecule has 3 amide bonds. The van der Waals surface area contributed by atoms with Crippen LogP contribution in [0.25, 0.3) is 0 Å². The van der Waals surface area contributed by atoms with E-state index in [1.54, 1.807) is 19.3 Å². The second kappa shape index (κ2) is 36.9. The van der Waals surface area contributed by atoms with Crippen molar-refractivity contribution in [1.82, 2.24) is 16.0 Å². The van der Waals surface area contributed by atoms with Crippen molar-refractivity contribution in [2.75, 3.05) is 125 Å². The molecule has 20 heteroatoms. The third-order valence-electron chi connectivity index (χ3n) is 9.72. The van der Waals surface area contributed by atoms with Crippen LogP contribution in [0.3, 0.4) is 0 Å². The van der Waals surface area contributed by atoms with Crippen molar-refractivity contribution in [2.45, 2.75) is 51.9 Å². The molecule has 3 fully saturated rings. The minimum absolute atomic E-state index is 0. The number of hydrogen-bond donors (Lipinski definition) is 4. The Balaban J connectivity index is 0.00000233. The van der Waals surface area contributed by atoms with Gasteiger partial charge in [0.05, 0.1) is 129 Å². The average Bonchev–Trinajstić information content (AvgIpc) is 4.07. The van der Waals surface area contributed by atoms with Crippen LogP contribution in [0.1, 0.15) is 39.7 Å². The van der Waals surface area contributed by atoms with E-state index in [9.17, 15) is 14.4 Å². The van der Waals surface area contributed by atoms with Crippen LogP contribution in [0.5, 0.6) is 0 Å². The molecular formula is C46H70BFeN3O14S+2. The van der Waals surface area contributed by atoms with Crippen LogP contribution in [0.4, 0.5) is 4.79 Å². The van der Waals surface area contributed by atoms with Gasteiger partial charge in [-0.15, -0.1) is 0 Å². The molecule has 2 aliphatic carbocycles. The summed E-state index contributed by atoms with van der Waals surface area (Å²) >= 11 is 4.07. The van der Waals surface area contributed by atoms with E-state index in [-0.39, 0.29) is 61.6 Å². The van der Waals surface area contributed by atoms with Gasteiger partial charge in [-0.25, -0.2) is 4.79 Å². The fourth-order valence-electron chi connectivity index (χ4n) is 5.51.